The van der Waals surface area contributed by atoms with E-state index in [9.17, 15) is 15.0 Å². The molecule has 9 nitrogen and oxygen atoms in total. The predicted molar refractivity (Wildman–Crippen MR) is 133 cm³/mol. The van der Waals surface area contributed by atoms with Crippen LogP contribution < -0.4 is 10.2 Å². The number of anilines is 2. The van der Waals surface area contributed by atoms with Crippen LogP contribution in [0.2, 0.25) is 5.28 Å². The van der Waals surface area contributed by atoms with Crippen molar-refractivity contribution in [3.05, 3.63) is 46.4 Å². The van der Waals surface area contributed by atoms with Crippen LogP contribution in [0.3, 0.4) is 0 Å². The molecule has 5 rings (SSSR count). The zero-order valence-corrected chi connectivity index (χ0v) is 21.0. The number of nitrogens with one attached hydrogen (secondary N) is 1. The maximum absolute atomic E-state index is 12.5. The first-order valence-electron chi connectivity index (χ1n) is 12.1. The third-order valence-corrected chi connectivity index (χ3v) is 7.41. The molecule has 2 aliphatic heterocycles. The third-order valence-electron chi connectivity index (χ3n) is 7.24. The van der Waals surface area contributed by atoms with E-state index in [0.717, 1.165) is 16.8 Å². The smallest absolute Gasteiger partial charge is 0.410 e. The molecule has 1 aromatic heterocycles. The summed E-state index contributed by atoms with van der Waals surface area (Å²) in [7, 11) is 0. The van der Waals surface area contributed by atoms with E-state index in [1.54, 1.807) is 4.90 Å². The molecule has 3 unspecified atom stereocenters. The zero-order valence-electron chi connectivity index (χ0n) is 20.3. The van der Waals surface area contributed by atoms with Crippen LogP contribution in [0.5, 0.6) is 0 Å². The highest BCUT2D eigenvalue weighted by Crippen LogP contribution is 2.52. The number of amides is 1. The molecule has 1 saturated heterocycles. The van der Waals surface area contributed by atoms with Gasteiger partial charge in [0.05, 0.1) is 11.1 Å². The summed E-state index contributed by atoms with van der Waals surface area (Å²) in [6.07, 6.45) is -0.550. The minimum Gasteiger partial charge on any atom is -0.444 e. The van der Waals surface area contributed by atoms with Gasteiger partial charge in [0.15, 0.2) is 0 Å². The molecule has 1 aliphatic carbocycles. The monoisotopic (exact) mass is 501 g/mol. The van der Waals surface area contributed by atoms with Gasteiger partial charge >= 0.3 is 6.09 Å². The predicted octanol–water partition coefficient (Wildman–Crippen LogP) is 3.14. The summed E-state index contributed by atoms with van der Waals surface area (Å²) in [6, 6.07) is 7.83. The van der Waals surface area contributed by atoms with Gasteiger partial charge in [-0.25, -0.2) is 14.8 Å². The minimum atomic E-state index is -1.01. The van der Waals surface area contributed by atoms with E-state index in [0.29, 0.717) is 57.0 Å². The lowest BCUT2D eigenvalue weighted by atomic mass is 9.64. The number of hydrogen-bond donors (Lipinski definition) is 3. The molecule has 1 aromatic carbocycles. The zero-order chi connectivity index (χ0) is 25.0. The quantitative estimate of drug-likeness (QED) is 0.511. The largest absolute Gasteiger partial charge is 0.444 e. The van der Waals surface area contributed by atoms with E-state index < -0.39 is 23.3 Å². The van der Waals surface area contributed by atoms with Crippen molar-refractivity contribution in [1.82, 2.24) is 14.9 Å². The Morgan fingerprint density at radius 3 is 2.60 bits per heavy atom. The summed E-state index contributed by atoms with van der Waals surface area (Å²) in [5.74, 6) is 0.691. The lowest BCUT2D eigenvalue weighted by molar-refractivity contribution is -0.0781. The number of para-hydroxylation sites is 1. The van der Waals surface area contributed by atoms with Gasteiger partial charge in [-0.05, 0) is 63.3 Å². The van der Waals surface area contributed by atoms with Crippen LogP contribution in [0.15, 0.2) is 24.3 Å². The van der Waals surface area contributed by atoms with Gasteiger partial charge in [0.1, 0.15) is 23.8 Å². The number of aliphatic hydroxyl groups excluding tert-OH is 2. The van der Waals surface area contributed by atoms with Crippen LogP contribution in [0.1, 0.15) is 50.1 Å². The van der Waals surface area contributed by atoms with Crippen molar-refractivity contribution in [1.29, 1.82) is 0 Å². The summed E-state index contributed by atoms with van der Waals surface area (Å²) >= 11 is 6.34. The Bertz CT molecular complexity index is 1130. The van der Waals surface area contributed by atoms with Gasteiger partial charge in [0.2, 0.25) is 5.28 Å². The van der Waals surface area contributed by atoms with Crippen molar-refractivity contribution in [3.63, 3.8) is 0 Å². The summed E-state index contributed by atoms with van der Waals surface area (Å²) in [5, 5.41) is 25.9. The van der Waals surface area contributed by atoms with E-state index in [2.05, 4.69) is 20.2 Å². The number of carbonyl (C=O) groups is 1. The molecule has 3 atom stereocenters. The Balaban J connectivity index is 1.39. The Morgan fingerprint density at radius 1 is 1.17 bits per heavy atom. The molecule has 0 radical (unpaired) electrons. The summed E-state index contributed by atoms with van der Waals surface area (Å²) in [4.78, 5) is 25.2. The van der Waals surface area contributed by atoms with Crippen molar-refractivity contribution < 1.29 is 19.7 Å². The molecule has 0 bridgehead atoms. The van der Waals surface area contributed by atoms with E-state index in [1.807, 2.05) is 45.0 Å². The van der Waals surface area contributed by atoms with Crippen LogP contribution in [-0.2, 0) is 17.6 Å². The normalized spacial score (nSPS) is 26.1. The number of aliphatic hydroxyl groups is 2. The molecule has 1 amide bonds. The fourth-order valence-corrected chi connectivity index (χ4v) is 5.58. The van der Waals surface area contributed by atoms with Gasteiger partial charge in [0, 0.05) is 37.4 Å². The Kier molecular flexibility index (Phi) is 6.05. The summed E-state index contributed by atoms with van der Waals surface area (Å²) in [6.45, 7) is 7.69. The minimum absolute atomic E-state index is 0.0584. The van der Waals surface area contributed by atoms with Crippen molar-refractivity contribution >= 4 is 29.2 Å². The Labute approximate surface area is 210 Å². The van der Waals surface area contributed by atoms with Crippen LogP contribution in [0, 0.1) is 5.41 Å². The third kappa shape index (κ3) is 4.41. The number of fused-ring (bicyclic) bond motifs is 2. The number of piperazine rings is 1. The lowest BCUT2D eigenvalue weighted by Gasteiger charge is -2.48. The molecular formula is C25H32ClN5O4. The number of aromatic nitrogens is 2. The van der Waals surface area contributed by atoms with Crippen molar-refractivity contribution in [2.45, 2.75) is 58.0 Å². The van der Waals surface area contributed by atoms with E-state index in [-0.39, 0.29) is 11.4 Å². The first kappa shape index (κ1) is 24.1. The van der Waals surface area contributed by atoms with Gasteiger partial charge in [-0.3, -0.25) is 0 Å². The average molecular weight is 502 g/mol. The second kappa shape index (κ2) is 8.80. The second-order valence-corrected chi connectivity index (χ2v) is 11.0. The molecule has 35 heavy (non-hydrogen) atoms. The first-order chi connectivity index (χ1) is 16.6. The topological polar surface area (TPSA) is 111 Å². The molecule has 1 spiro atoms. The number of benzene rings is 1. The number of halogens is 1. The highest BCUT2D eigenvalue weighted by Gasteiger charge is 2.52. The number of nitrogens with zero attached hydrogens (tertiary/aromatic N) is 4. The Hall–Kier alpha value is -2.62. The fraction of sp³-hybridized carbons (Fsp3) is 0.560. The molecule has 2 aromatic rings. The number of rotatable bonds is 1. The molecule has 3 N–H and O–H groups in total. The van der Waals surface area contributed by atoms with Crippen LogP contribution in [-0.4, -0.2) is 69.2 Å². The summed E-state index contributed by atoms with van der Waals surface area (Å²) in [5.41, 5.74) is 1.90. The van der Waals surface area contributed by atoms with E-state index in [1.165, 1.54) is 0 Å². The van der Waals surface area contributed by atoms with Crippen molar-refractivity contribution in [2.75, 3.05) is 36.4 Å². The number of hydrogen-bond acceptors (Lipinski definition) is 8. The fourth-order valence-electron chi connectivity index (χ4n) is 5.41. The lowest BCUT2D eigenvalue weighted by Crippen LogP contribution is -2.53. The highest BCUT2D eigenvalue weighted by atomic mass is 35.5. The number of ether oxygens (including phenoxy) is 1. The van der Waals surface area contributed by atoms with Gasteiger partial charge in [-0.2, -0.15) is 0 Å². The molecule has 3 heterocycles. The van der Waals surface area contributed by atoms with Crippen LogP contribution in [0.25, 0.3) is 0 Å². The molecule has 3 aliphatic rings. The first-order valence-corrected chi connectivity index (χ1v) is 12.4. The SMILES string of the molecule is CC(C)(C)OC(=O)N1CCN(c2nc(Cl)nc3c2CCC2(Cc4ccccc4NC2O)C3O)CC1. The number of carbonyl (C=O) groups excluding carboxylic acids is 1. The standard InChI is InChI=1S/C25H32ClN5O4/c1-24(2,3)35-23(34)31-12-10-30(11-13-31)20-16-8-9-25(19(32)18(16)28-22(26)29-20)14-15-6-4-5-7-17(15)27-21(25)33/h4-7,19,21,27,32-33H,8-14H2,1-3H3. The average Bonchev–Trinajstić information content (AvgIpc) is 2.81. The Morgan fingerprint density at radius 2 is 1.89 bits per heavy atom. The van der Waals surface area contributed by atoms with Crippen LogP contribution in [0.4, 0.5) is 16.3 Å². The van der Waals surface area contributed by atoms with Gasteiger partial charge in [-0.1, -0.05) is 18.2 Å². The van der Waals surface area contributed by atoms with Crippen LogP contribution >= 0.6 is 11.6 Å². The molecule has 188 valence electrons. The van der Waals surface area contributed by atoms with Crippen molar-refractivity contribution in [3.8, 4) is 0 Å². The van der Waals surface area contributed by atoms with Gasteiger partial charge < -0.3 is 30.1 Å². The van der Waals surface area contributed by atoms with E-state index in [4.69, 9.17) is 16.3 Å². The van der Waals surface area contributed by atoms with Gasteiger partial charge in [-0.15, -0.1) is 0 Å². The molecule has 1 fully saturated rings. The van der Waals surface area contributed by atoms with Gasteiger partial charge in [0.25, 0.3) is 0 Å². The molecule has 10 heteroatoms. The maximum Gasteiger partial charge on any atom is 0.410 e. The maximum atomic E-state index is 12.5. The molecule has 0 saturated carbocycles. The van der Waals surface area contributed by atoms with Crippen molar-refractivity contribution in [2.24, 2.45) is 5.41 Å². The second-order valence-electron chi connectivity index (χ2n) is 10.7. The summed E-state index contributed by atoms with van der Waals surface area (Å²) < 4.78 is 5.50. The molecular weight excluding hydrogens is 470 g/mol. The highest BCUT2D eigenvalue weighted by molar-refractivity contribution is 6.28. The van der Waals surface area contributed by atoms with E-state index >= 15 is 0 Å².